The van der Waals surface area contributed by atoms with Crippen molar-refractivity contribution in [2.75, 3.05) is 5.01 Å². The number of rotatable bonds is 12. The van der Waals surface area contributed by atoms with Crippen molar-refractivity contribution >= 4 is 67.9 Å². The first kappa shape index (κ1) is 51.5. The predicted molar refractivity (Wildman–Crippen MR) is 139 cm³/mol. The van der Waals surface area contributed by atoms with E-state index in [1.165, 1.54) is 0 Å². The fourth-order valence-electron chi connectivity index (χ4n) is 3.73. The number of nitrogens with zero attached hydrogens (tertiary/aromatic N) is 2. The Bertz CT molecular complexity index is 2020. The van der Waals surface area contributed by atoms with Gasteiger partial charge in [0.1, 0.15) is 31.4 Å². The molecule has 2 amide bonds. The topological polar surface area (TPSA) is 305 Å². The van der Waals surface area contributed by atoms with Crippen molar-refractivity contribution in [3.05, 3.63) is 70.0 Å². The number of hydrogen-bond acceptors (Lipinski definition) is 18. The van der Waals surface area contributed by atoms with Gasteiger partial charge in [-0.25, -0.2) is 26.5 Å². The zero-order valence-electron chi connectivity index (χ0n) is 25.3. The van der Waals surface area contributed by atoms with Crippen molar-refractivity contribution in [3.63, 3.8) is 0 Å². The number of benzene rings is 2. The first-order valence-corrected chi connectivity index (χ1v) is 15.5. The molecule has 3 aromatic rings. The standard InChI is InChI=1S/C21H16N4O16S4.4K/c26-18-12(20(28)24(22-18)14-8-10(42-40-38-30)4-6-16(14)44(32,33)34)2-1-3-13-19(27)23-25(21(13)29)15-9-11(43-41-39-31)5-7-17(15)45(35,36)37;;;;/h1-9,28,30-31H,(H,22,26)(H,23,27)(H,32,33,34)(H,35,36,37);;;;/q;4*+1/p-4/b2-1+,13-3+;;;;. The summed E-state index contributed by atoms with van der Waals surface area (Å²) in [7, 11) is -10.4. The minimum Gasteiger partial charge on any atom is -0.744 e. The number of aromatic nitrogens is 2. The van der Waals surface area contributed by atoms with Gasteiger partial charge in [0.15, 0.2) is 0 Å². The first-order valence-electron chi connectivity index (χ1n) is 11.2. The Hall–Kier alpha value is 2.50. The van der Waals surface area contributed by atoms with E-state index in [9.17, 15) is 55.9 Å². The Morgan fingerprint density at radius 1 is 0.796 bits per heavy atom. The molecule has 0 spiro atoms. The molecule has 3 N–H and O–H groups in total. The van der Waals surface area contributed by atoms with Gasteiger partial charge >= 0.3 is 206 Å². The fraction of sp³-hybridized carbons (Fsp3) is 0. The third-order valence-electron chi connectivity index (χ3n) is 5.53. The molecule has 49 heavy (non-hydrogen) atoms. The summed E-state index contributed by atoms with van der Waals surface area (Å²) in [6, 6.07) is 5.60. The second-order valence-electron chi connectivity index (χ2n) is 8.14. The van der Waals surface area contributed by atoms with Gasteiger partial charge in [-0.3, -0.25) is 35.0 Å². The van der Waals surface area contributed by atoms with E-state index >= 15 is 0 Å². The van der Waals surface area contributed by atoms with Gasteiger partial charge in [-0.2, -0.15) is 8.67 Å². The van der Waals surface area contributed by atoms with Gasteiger partial charge in [0.2, 0.25) is 5.88 Å². The second kappa shape index (κ2) is 22.9. The molecule has 0 atom stereocenters. The number of carbonyl (C=O) groups is 2. The molecule has 0 bridgehead atoms. The maximum Gasteiger partial charge on any atom is 1.00 e. The van der Waals surface area contributed by atoms with Crippen LogP contribution in [0.3, 0.4) is 0 Å². The van der Waals surface area contributed by atoms with Crippen molar-refractivity contribution < 1.29 is 275 Å². The molecule has 4 rings (SSSR count). The molecule has 240 valence electrons. The monoisotopic (exact) mass is 860 g/mol. The summed E-state index contributed by atoms with van der Waals surface area (Å²) in [6.07, 6.45) is 2.69. The summed E-state index contributed by atoms with van der Waals surface area (Å²) in [5.41, 5.74) is -1.35. The molecular weight excluding hydrogens is 849 g/mol. The SMILES string of the molecule is O=C1NN(c2cc(SOO[O-])ccc2S(=O)(=O)[O-])C(=O)/C1=C/C=C/c1c(O)n(-c2cc(SOO[O-])ccc2S(=O)(=O)[O-])[nH]c1=O.[K+].[K+].[K+].[K+]. The van der Waals surface area contributed by atoms with Gasteiger partial charge in [-0.1, -0.05) is 6.08 Å². The molecule has 2 aromatic carbocycles. The van der Waals surface area contributed by atoms with Crippen LogP contribution in [0.5, 0.6) is 5.88 Å². The number of allylic oxidation sites excluding steroid dienone is 2. The Kier molecular flexibility index (Phi) is 24.1. The molecule has 1 aromatic heterocycles. The zero-order chi connectivity index (χ0) is 33.1. The van der Waals surface area contributed by atoms with Crippen molar-refractivity contribution in [3.8, 4) is 11.6 Å². The molecule has 2 heterocycles. The van der Waals surface area contributed by atoms with E-state index in [1.54, 1.807) is 0 Å². The molecular formula is C21H12K4N4O16S4. The first-order chi connectivity index (χ1) is 21.2. The number of amides is 2. The quantitative estimate of drug-likeness (QED) is 0.0290. The van der Waals surface area contributed by atoms with Crippen LogP contribution >= 0.6 is 24.1 Å². The van der Waals surface area contributed by atoms with E-state index in [0.717, 1.165) is 54.6 Å². The van der Waals surface area contributed by atoms with E-state index in [-0.39, 0.29) is 215 Å². The van der Waals surface area contributed by atoms with E-state index in [4.69, 9.17) is 0 Å². The molecule has 1 fully saturated rings. The van der Waals surface area contributed by atoms with Crippen molar-refractivity contribution in [2.24, 2.45) is 0 Å². The van der Waals surface area contributed by atoms with Gasteiger partial charge in [-0.05, 0) is 48.6 Å². The Balaban J connectivity index is 0.00000576. The minimum atomic E-state index is -5.20. The van der Waals surface area contributed by atoms with Crippen LogP contribution in [0.1, 0.15) is 5.56 Å². The molecule has 1 saturated heterocycles. The van der Waals surface area contributed by atoms with Crippen molar-refractivity contribution in [2.45, 2.75) is 19.6 Å². The van der Waals surface area contributed by atoms with Crippen LogP contribution < -0.4 is 232 Å². The zero-order valence-corrected chi connectivity index (χ0v) is 41.1. The number of hydrogen-bond donors (Lipinski definition) is 3. The largest absolute Gasteiger partial charge is 1.00 e. The van der Waals surface area contributed by atoms with Crippen molar-refractivity contribution in [1.29, 1.82) is 0 Å². The fourth-order valence-corrected chi connectivity index (χ4v) is 5.79. The van der Waals surface area contributed by atoms with Crippen molar-refractivity contribution in [1.82, 2.24) is 15.2 Å². The van der Waals surface area contributed by atoms with Crippen LogP contribution in [-0.2, 0) is 48.6 Å². The van der Waals surface area contributed by atoms with E-state index in [1.807, 2.05) is 0 Å². The predicted octanol–water partition coefficient (Wildman–Crippen LogP) is -13.8. The second-order valence-corrected chi connectivity index (χ2v) is 12.4. The van der Waals surface area contributed by atoms with Crippen LogP contribution in [0.4, 0.5) is 5.69 Å². The van der Waals surface area contributed by atoms with Crippen LogP contribution in [0, 0.1) is 0 Å². The number of anilines is 1. The third-order valence-corrected chi connectivity index (χ3v) is 8.43. The maximum atomic E-state index is 13.0. The van der Waals surface area contributed by atoms with Crippen LogP contribution in [0.15, 0.2) is 78.5 Å². The number of H-pyrrole nitrogens is 1. The number of aromatic amines is 1. The van der Waals surface area contributed by atoms with Crippen LogP contribution in [0.2, 0.25) is 0 Å². The number of nitrogens with one attached hydrogen (secondary N) is 2. The van der Waals surface area contributed by atoms with Gasteiger partial charge in [0.05, 0.1) is 45.3 Å². The third kappa shape index (κ3) is 13.3. The van der Waals surface area contributed by atoms with Gasteiger partial charge in [0.25, 0.3) is 17.4 Å². The summed E-state index contributed by atoms with van der Waals surface area (Å²) >= 11 is 0.602. The minimum absolute atomic E-state index is 0. The van der Waals surface area contributed by atoms with E-state index < -0.39 is 75.8 Å². The smallest absolute Gasteiger partial charge is 0.744 e. The van der Waals surface area contributed by atoms with Gasteiger partial charge in [0, 0.05) is 9.79 Å². The number of hydrazine groups is 1. The number of carbonyl (C=O) groups excluding carboxylic acids is 2. The Morgan fingerprint density at radius 2 is 1.29 bits per heavy atom. The Labute approximate surface area is 454 Å². The summed E-state index contributed by atoms with van der Waals surface area (Å²) in [6.45, 7) is 0. The van der Waals surface area contributed by atoms with Crippen LogP contribution in [-0.4, -0.2) is 52.6 Å². The maximum absolute atomic E-state index is 13.0. The average molecular weight is 861 g/mol. The molecule has 28 heteroatoms. The molecule has 20 nitrogen and oxygen atoms in total. The molecule has 0 radical (unpaired) electrons. The van der Waals surface area contributed by atoms with Gasteiger partial charge < -0.3 is 24.7 Å². The molecule has 0 unspecified atom stereocenters. The summed E-state index contributed by atoms with van der Waals surface area (Å²) < 4.78 is 79.4. The summed E-state index contributed by atoms with van der Waals surface area (Å²) in [5, 5.41) is 39.8. The molecule has 0 aliphatic carbocycles. The summed E-state index contributed by atoms with van der Waals surface area (Å²) in [5.74, 6) is -3.19. The summed E-state index contributed by atoms with van der Waals surface area (Å²) in [4.78, 5) is 36.3. The number of aromatic hydroxyl groups is 1. The normalized spacial score (nSPS) is 13.8. The molecule has 1 aliphatic rings. The van der Waals surface area contributed by atoms with E-state index in [0.29, 0.717) is 33.8 Å². The van der Waals surface area contributed by atoms with Gasteiger partial charge in [-0.15, -0.1) is 0 Å². The van der Waals surface area contributed by atoms with E-state index in [2.05, 4.69) is 29.3 Å². The average Bonchev–Trinajstić information content (AvgIpc) is 3.42. The van der Waals surface area contributed by atoms with Crippen LogP contribution in [0.25, 0.3) is 11.8 Å². The Morgan fingerprint density at radius 3 is 1.78 bits per heavy atom. The molecule has 1 aliphatic heterocycles. The molecule has 0 saturated carbocycles.